The summed E-state index contributed by atoms with van der Waals surface area (Å²) in [5.41, 5.74) is 5.67. The third-order valence-electron chi connectivity index (χ3n) is 5.73. The number of aromatic nitrogens is 3. The second-order valence-corrected chi connectivity index (χ2v) is 8.61. The molecule has 0 saturated carbocycles. The molecule has 180 valence electrons. The van der Waals surface area contributed by atoms with Crippen molar-refractivity contribution in [2.75, 3.05) is 7.05 Å². The lowest BCUT2D eigenvalue weighted by atomic mass is 10.0. The van der Waals surface area contributed by atoms with Gasteiger partial charge in [-0.05, 0) is 44.5 Å². The van der Waals surface area contributed by atoms with Crippen molar-refractivity contribution in [3.05, 3.63) is 104 Å². The summed E-state index contributed by atoms with van der Waals surface area (Å²) in [4.78, 5) is 21.3. The topological polar surface area (TPSA) is 82.2 Å². The van der Waals surface area contributed by atoms with Crippen molar-refractivity contribution in [1.82, 2.24) is 20.0 Å². The van der Waals surface area contributed by atoms with Crippen LogP contribution < -0.4 is 15.6 Å². The Labute approximate surface area is 208 Å². The van der Waals surface area contributed by atoms with Crippen molar-refractivity contribution in [3.8, 4) is 5.75 Å². The van der Waals surface area contributed by atoms with Gasteiger partial charge in [0.05, 0.1) is 10.7 Å². The Morgan fingerprint density at radius 2 is 2.09 bits per heavy atom. The maximum absolute atomic E-state index is 12.1. The molecule has 1 N–H and O–H groups in total. The number of benzene rings is 1. The lowest BCUT2D eigenvalue weighted by Gasteiger charge is -2.16. The summed E-state index contributed by atoms with van der Waals surface area (Å²) < 4.78 is 13.0. The number of pyridine rings is 2. The number of allylic oxidation sites excluding steroid dienone is 2. The molecule has 0 amide bonds. The highest BCUT2D eigenvalue weighted by atomic mass is 35.5. The minimum atomic E-state index is -0.236. The van der Waals surface area contributed by atoms with E-state index in [2.05, 4.69) is 16.9 Å². The first-order valence-corrected chi connectivity index (χ1v) is 11.5. The zero-order chi connectivity index (χ0) is 25.1. The Balaban J connectivity index is 1.73. The fourth-order valence-electron chi connectivity index (χ4n) is 4.00. The summed E-state index contributed by atoms with van der Waals surface area (Å²) in [5.74, 6) is 1.15. The van der Waals surface area contributed by atoms with Crippen LogP contribution in [0.4, 0.5) is 0 Å². The number of para-hydroxylation sites is 1. The van der Waals surface area contributed by atoms with Crippen molar-refractivity contribution in [3.63, 3.8) is 0 Å². The van der Waals surface area contributed by atoms with Crippen LogP contribution in [0, 0.1) is 13.8 Å². The average Bonchev–Trinajstić information content (AvgIpc) is 3.15. The van der Waals surface area contributed by atoms with Crippen molar-refractivity contribution in [2.45, 2.75) is 33.9 Å². The quantitative estimate of drug-likeness (QED) is 0.332. The van der Waals surface area contributed by atoms with E-state index in [1.807, 2.05) is 51.2 Å². The number of nitrogens with zero attached hydrogens (tertiary/aromatic N) is 3. The van der Waals surface area contributed by atoms with Gasteiger partial charge < -0.3 is 14.6 Å². The van der Waals surface area contributed by atoms with E-state index in [1.54, 1.807) is 19.2 Å². The van der Waals surface area contributed by atoms with Crippen molar-refractivity contribution >= 4 is 28.2 Å². The van der Waals surface area contributed by atoms with Gasteiger partial charge in [-0.15, -0.1) is 0 Å². The summed E-state index contributed by atoms with van der Waals surface area (Å²) in [5, 5.41) is 4.74. The molecule has 0 spiro atoms. The van der Waals surface area contributed by atoms with Gasteiger partial charge in [-0.1, -0.05) is 36.4 Å². The van der Waals surface area contributed by atoms with E-state index in [9.17, 15) is 4.79 Å². The van der Waals surface area contributed by atoms with Crippen LogP contribution in [0.5, 0.6) is 5.75 Å². The zero-order valence-electron chi connectivity index (χ0n) is 20.2. The van der Waals surface area contributed by atoms with E-state index in [0.717, 1.165) is 33.4 Å². The highest BCUT2D eigenvalue weighted by Crippen LogP contribution is 2.32. The van der Waals surface area contributed by atoms with Crippen LogP contribution in [-0.2, 0) is 13.2 Å². The predicted octanol–water partition coefficient (Wildman–Crippen LogP) is 5.42. The molecule has 0 bridgehead atoms. The molecule has 0 fully saturated rings. The molecule has 0 saturated heterocycles. The number of ether oxygens (including phenoxy) is 1. The normalized spacial score (nSPS) is 11.9. The Morgan fingerprint density at radius 3 is 2.77 bits per heavy atom. The van der Waals surface area contributed by atoms with E-state index in [-0.39, 0.29) is 18.7 Å². The lowest BCUT2D eigenvalue weighted by Crippen LogP contribution is -2.16. The van der Waals surface area contributed by atoms with Gasteiger partial charge in [0.25, 0.3) is 5.56 Å². The Hall–Kier alpha value is -3.84. The monoisotopic (exact) mass is 490 g/mol. The van der Waals surface area contributed by atoms with E-state index in [1.165, 1.54) is 10.8 Å². The first-order chi connectivity index (χ1) is 16.8. The molecule has 8 heteroatoms. The predicted molar refractivity (Wildman–Crippen MR) is 139 cm³/mol. The molecule has 4 rings (SSSR count). The van der Waals surface area contributed by atoms with Gasteiger partial charge in [0.2, 0.25) is 0 Å². The minimum Gasteiger partial charge on any atom is -0.486 e. The zero-order valence-corrected chi connectivity index (χ0v) is 20.9. The Bertz CT molecular complexity index is 1500. The standard InChI is InChI=1S/C27H27ClN4O3/c1-6-16(2)26(29-5)20-12-17(3)31-27-19(20)8-7-9-24(27)34-15-21-22(28)10-11-30-23(21)14-32-25(33)13-18(4)35-32/h6-13,29H,1,14-15H2,2-5H3/b26-16-. The molecule has 4 aromatic rings. The van der Waals surface area contributed by atoms with Crippen LogP contribution in [0.3, 0.4) is 0 Å². The maximum Gasteiger partial charge on any atom is 0.283 e. The summed E-state index contributed by atoms with van der Waals surface area (Å²) >= 11 is 6.51. The smallest absolute Gasteiger partial charge is 0.283 e. The molecule has 0 radical (unpaired) electrons. The van der Waals surface area contributed by atoms with Gasteiger partial charge in [-0.2, -0.15) is 4.74 Å². The molecular formula is C27H27ClN4O3. The van der Waals surface area contributed by atoms with Gasteiger partial charge >= 0.3 is 0 Å². The van der Waals surface area contributed by atoms with Gasteiger partial charge in [-0.25, -0.2) is 4.98 Å². The molecule has 3 aromatic heterocycles. The number of hydrogen-bond acceptors (Lipinski definition) is 6. The number of halogens is 1. The molecule has 1 aromatic carbocycles. The van der Waals surface area contributed by atoms with Gasteiger partial charge in [0.1, 0.15) is 30.2 Å². The Kier molecular flexibility index (Phi) is 7.07. The lowest BCUT2D eigenvalue weighted by molar-refractivity contribution is 0.258. The second-order valence-electron chi connectivity index (χ2n) is 8.20. The molecule has 3 heterocycles. The van der Waals surface area contributed by atoms with E-state index < -0.39 is 0 Å². The second kappa shape index (κ2) is 10.2. The van der Waals surface area contributed by atoms with E-state index >= 15 is 0 Å². The first kappa shape index (κ1) is 24.3. The maximum atomic E-state index is 12.1. The van der Waals surface area contributed by atoms with Crippen LogP contribution in [0.1, 0.15) is 35.2 Å². The molecule has 35 heavy (non-hydrogen) atoms. The summed E-state index contributed by atoms with van der Waals surface area (Å²) in [6.45, 7) is 9.90. The van der Waals surface area contributed by atoms with Crippen molar-refractivity contribution in [1.29, 1.82) is 0 Å². The fourth-order valence-corrected chi connectivity index (χ4v) is 4.22. The van der Waals surface area contributed by atoms with Crippen LogP contribution >= 0.6 is 11.6 Å². The number of fused-ring (bicyclic) bond motifs is 1. The highest BCUT2D eigenvalue weighted by Gasteiger charge is 2.16. The molecule has 0 unspecified atom stereocenters. The molecule has 7 nitrogen and oxygen atoms in total. The van der Waals surface area contributed by atoms with Crippen LogP contribution in [0.2, 0.25) is 5.02 Å². The van der Waals surface area contributed by atoms with Gasteiger partial charge in [-0.3, -0.25) is 9.78 Å². The summed E-state index contributed by atoms with van der Waals surface area (Å²) in [6, 6.07) is 11.0. The highest BCUT2D eigenvalue weighted by molar-refractivity contribution is 6.31. The minimum absolute atomic E-state index is 0.153. The number of hydrogen-bond donors (Lipinski definition) is 1. The van der Waals surface area contributed by atoms with Crippen LogP contribution in [0.15, 0.2) is 70.1 Å². The SMILES string of the molecule is C=C/C(C)=C(\NC)c1cc(C)nc2c(OCc3c(Cl)ccnc3Cn3oc(C)cc3=O)cccc12. The van der Waals surface area contributed by atoms with Gasteiger partial charge in [0, 0.05) is 47.2 Å². The fraction of sp³-hybridized carbons (Fsp3) is 0.222. The third kappa shape index (κ3) is 5.00. The molecular weight excluding hydrogens is 464 g/mol. The molecule has 0 atom stereocenters. The van der Waals surface area contributed by atoms with Crippen molar-refractivity contribution < 1.29 is 9.26 Å². The largest absolute Gasteiger partial charge is 0.486 e. The van der Waals surface area contributed by atoms with Crippen LogP contribution in [-0.4, -0.2) is 21.8 Å². The third-order valence-corrected chi connectivity index (χ3v) is 6.08. The van der Waals surface area contributed by atoms with Gasteiger partial charge in [0.15, 0.2) is 0 Å². The summed E-state index contributed by atoms with van der Waals surface area (Å²) in [7, 11) is 1.89. The molecule has 0 aliphatic rings. The summed E-state index contributed by atoms with van der Waals surface area (Å²) in [6.07, 6.45) is 3.43. The Morgan fingerprint density at radius 1 is 1.29 bits per heavy atom. The molecule has 0 aliphatic heterocycles. The van der Waals surface area contributed by atoms with Crippen molar-refractivity contribution in [2.24, 2.45) is 0 Å². The van der Waals surface area contributed by atoms with Crippen LogP contribution in [0.25, 0.3) is 16.6 Å². The number of rotatable bonds is 8. The molecule has 0 aliphatic carbocycles. The van der Waals surface area contributed by atoms with E-state index in [4.69, 9.17) is 25.8 Å². The number of aryl methyl sites for hydroxylation is 2. The number of nitrogens with one attached hydrogen (secondary N) is 1. The first-order valence-electron chi connectivity index (χ1n) is 11.2. The van der Waals surface area contributed by atoms with E-state index in [0.29, 0.717) is 27.8 Å². The average molecular weight is 491 g/mol.